The Bertz CT molecular complexity index is 876. The van der Waals surface area contributed by atoms with Gasteiger partial charge in [-0.05, 0) is 25.0 Å². The average Bonchev–Trinajstić information content (AvgIpc) is 3.31. The number of nitrogens with one attached hydrogen (secondary N) is 3. The van der Waals surface area contributed by atoms with E-state index in [0.29, 0.717) is 24.1 Å². The smallest absolute Gasteiger partial charge is 0.328 e. The summed E-state index contributed by atoms with van der Waals surface area (Å²) in [5.74, 6) is -1.79. The summed E-state index contributed by atoms with van der Waals surface area (Å²) in [6.45, 7) is 0.548. The number of pyridine rings is 1. The zero-order valence-electron chi connectivity index (χ0n) is 15.4. The highest BCUT2D eigenvalue weighted by atomic mass is 16.5. The highest BCUT2D eigenvalue weighted by Crippen LogP contribution is 2.17. The van der Waals surface area contributed by atoms with Gasteiger partial charge >= 0.3 is 5.97 Å². The number of hydrogen-bond acceptors (Lipinski definition) is 7. The SMILES string of the molecule is COC(=O)[C@H](C[C@@H]1CCNC1=O)NC(=O)CCC(=O)c1nc2ncccc2[nH]1. The fourth-order valence-electron chi connectivity index (χ4n) is 3.10. The number of rotatable bonds is 8. The first kappa shape index (κ1) is 19.5. The van der Waals surface area contributed by atoms with E-state index >= 15 is 0 Å². The summed E-state index contributed by atoms with van der Waals surface area (Å²) in [6, 6.07) is 2.54. The normalized spacial score (nSPS) is 17.2. The number of hydrogen-bond donors (Lipinski definition) is 3. The van der Waals surface area contributed by atoms with E-state index in [-0.39, 0.29) is 42.7 Å². The molecule has 2 amide bonds. The Kier molecular flexibility index (Phi) is 5.97. The fraction of sp³-hybridized carbons (Fsp3) is 0.444. The molecule has 0 bridgehead atoms. The summed E-state index contributed by atoms with van der Waals surface area (Å²) in [5, 5.41) is 5.25. The van der Waals surface area contributed by atoms with E-state index < -0.39 is 17.9 Å². The molecule has 1 aliphatic rings. The summed E-state index contributed by atoms with van der Waals surface area (Å²) in [5.41, 5.74) is 1.06. The number of H-pyrrole nitrogens is 1. The van der Waals surface area contributed by atoms with Crippen LogP contribution in [0.1, 0.15) is 36.3 Å². The number of nitrogens with zero attached hydrogens (tertiary/aromatic N) is 2. The van der Waals surface area contributed by atoms with E-state index in [4.69, 9.17) is 4.74 Å². The monoisotopic (exact) mass is 387 g/mol. The maximum absolute atomic E-state index is 12.3. The van der Waals surface area contributed by atoms with Crippen molar-refractivity contribution >= 4 is 34.7 Å². The van der Waals surface area contributed by atoms with E-state index in [0.717, 1.165) is 0 Å². The van der Waals surface area contributed by atoms with Crippen molar-refractivity contribution in [2.24, 2.45) is 5.92 Å². The van der Waals surface area contributed by atoms with Crippen LogP contribution < -0.4 is 10.6 Å². The number of aromatic amines is 1. The van der Waals surface area contributed by atoms with Crippen molar-refractivity contribution in [3.8, 4) is 0 Å². The Hall–Kier alpha value is -3.30. The molecule has 2 aromatic heterocycles. The predicted molar refractivity (Wildman–Crippen MR) is 97.1 cm³/mol. The van der Waals surface area contributed by atoms with Gasteiger partial charge in [0.25, 0.3) is 0 Å². The third-order valence-electron chi connectivity index (χ3n) is 4.60. The molecule has 1 saturated heterocycles. The molecule has 1 aliphatic heterocycles. The van der Waals surface area contributed by atoms with Crippen molar-refractivity contribution in [2.75, 3.05) is 13.7 Å². The zero-order chi connectivity index (χ0) is 20.1. The number of aromatic nitrogens is 3. The molecule has 0 spiro atoms. The van der Waals surface area contributed by atoms with Gasteiger partial charge in [-0.1, -0.05) is 0 Å². The van der Waals surface area contributed by atoms with Crippen molar-refractivity contribution < 1.29 is 23.9 Å². The van der Waals surface area contributed by atoms with Gasteiger partial charge in [-0.25, -0.2) is 14.8 Å². The van der Waals surface area contributed by atoms with Crippen LogP contribution in [0, 0.1) is 5.92 Å². The molecular formula is C18H21N5O5. The summed E-state index contributed by atoms with van der Waals surface area (Å²) in [7, 11) is 1.22. The van der Waals surface area contributed by atoms with E-state index in [2.05, 4.69) is 25.6 Å². The van der Waals surface area contributed by atoms with E-state index in [1.807, 2.05) is 0 Å². The van der Waals surface area contributed by atoms with Gasteiger partial charge in [0.15, 0.2) is 17.3 Å². The van der Waals surface area contributed by atoms with Crippen molar-refractivity contribution in [1.82, 2.24) is 25.6 Å². The Morgan fingerprint density at radius 1 is 1.36 bits per heavy atom. The number of imidazole rings is 1. The minimum absolute atomic E-state index is 0.0799. The van der Waals surface area contributed by atoms with E-state index in [1.165, 1.54) is 7.11 Å². The van der Waals surface area contributed by atoms with E-state index in [1.54, 1.807) is 18.3 Å². The van der Waals surface area contributed by atoms with Gasteiger partial charge in [0.2, 0.25) is 11.8 Å². The molecule has 0 radical (unpaired) electrons. The van der Waals surface area contributed by atoms with Gasteiger partial charge < -0.3 is 20.4 Å². The van der Waals surface area contributed by atoms with Crippen LogP contribution in [-0.2, 0) is 19.1 Å². The minimum Gasteiger partial charge on any atom is -0.467 e. The lowest BCUT2D eigenvalue weighted by atomic mass is 9.98. The van der Waals surface area contributed by atoms with Crippen LogP contribution in [0.3, 0.4) is 0 Å². The molecule has 3 N–H and O–H groups in total. The van der Waals surface area contributed by atoms with Crippen molar-refractivity contribution in [3.05, 3.63) is 24.2 Å². The molecule has 10 heteroatoms. The van der Waals surface area contributed by atoms with Gasteiger partial charge in [0.1, 0.15) is 6.04 Å². The molecule has 2 atom stereocenters. The van der Waals surface area contributed by atoms with Gasteiger partial charge in [-0.3, -0.25) is 14.4 Å². The van der Waals surface area contributed by atoms with Crippen LogP contribution in [0.2, 0.25) is 0 Å². The van der Waals surface area contributed by atoms with Gasteiger partial charge in [0, 0.05) is 31.5 Å². The van der Waals surface area contributed by atoms with Crippen LogP contribution in [0.15, 0.2) is 18.3 Å². The Balaban J connectivity index is 1.55. The number of carbonyl (C=O) groups excluding carboxylic acids is 4. The van der Waals surface area contributed by atoms with Gasteiger partial charge in [0.05, 0.1) is 12.6 Å². The lowest BCUT2D eigenvalue weighted by Gasteiger charge is -2.18. The lowest BCUT2D eigenvalue weighted by Crippen LogP contribution is -2.43. The molecule has 148 valence electrons. The number of ether oxygens (including phenoxy) is 1. The standard InChI is InChI=1S/C18H21N5O5/c1-28-18(27)12(9-10-6-8-20-17(10)26)21-14(25)5-4-13(24)16-22-11-3-2-7-19-15(11)23-16/h2-3,7,10,12H,4-6,8-9H2,1H3,(H,20,26)(H,21,25)(H,19,22,23)/t10-,12-/m0/s1. The molecule has 0 aliphatic carbocycles. The lowest BCUT2D eigenvalue weighted by molar-refractivity contribution is -0.145. The maximum Gasteiger partial charge on any atom is 0.328 e. The second kappa shape index (κ2) is 8.59. The van der Waals surface area contributed by atoms with Crippen LogP contribution in [0.5, 0.6) is 0 Å². The number of esters is 1. The number of amides is 2. The Morgan fingerprint density at radius 3 is 2.86 bits per heavy atom. The third kappa shape index (κ3) is 4.51. The first-order valence-electron chi connectivity index (χ1n) is 8.96. The number of carbonyl (C=O) groups is 4. The van der Waals surface area contributed by atoms with Crippen LogP contribution in [0.4, 0.5) is 0 Å². The second-order valence-corrected chi connectivity index (χ2v) is 6.54. The third-order valence-corrected chi connectivity index (χ3v) is 4.60. The van der Waals surface area contributed by atoms with Gasteiger partial charge in [-0.15, -0.1) is 0 Å². The Labute approximate surface area is 160 Å². The first-order valence-corrected chi connectivity index (χ1v) is 8.96. The molecule has 3 rings (SSSR count). The molecule has 3 heterocycles. The molecule has 0 saturated carbocycles. The number of fused-ring (bicyclic) bond motifs is 1. The maximum atomic E-state index is 12.3. The highest BCUT2D eigenvalue weighted by Gasteiger charge is 2.31. The first-order chi connectivity index (χ1) is 13.5. The van der Waals surface area contributed by atoms with Gasteiger partial charge in [-0.2, -0.15) is 0 Å². The van der Waals surface area contributed by atoms with Crippen LogP contribution in [-0.4, -0.2) is 58.2 Å². The van der Waals surface area contributed by atoms with E-state index in [9.17, 15) is 19.2 Å². The molecule has 1 fully saturated rings. The molecule has 2 aromatic rings. The predicted octanol–water partition coefficient (Wildman–Crippen LogP) is 0.105. The molecular weight excluding hydrogens is 366 g/mol. The quantitative estimate of drug-likeness (QED) is 0.431. The Morgan fingerprint density at radius 2 is 2.18 bits per heavy atom. The molecule has 0 unspecified atom stereocenters. The topological polar surface area (TPSA) is 143 Å². The zero-order valence-corrected chi connectivity index (χ0v) is 15.4. The number of methoxy groups -OCH3 is 1. The fourth-order valence-corrected chi connectivity index (χ4v) is 3.10. The second-order valence-electron chi connectivity index (χ2n) is 6.54. The summed E-state index contributed by atoms with van der Waals surface area (Å²) in [4.78, 5) is 59.2. The van der Waals surface area contributed by atoms with Crippen molar-refractivity contribution in [2.45, 2.75) is 31.7 Å². The summed E-state index contributed by atoms with van der Waals surface area (Å²) >= 11 is 0. The molecule has 10 nitrogen and oxygen atoms in total. The largest absolute Gasteiger partial charge is 0.467 e. The summed E-state index contributed by atoms with van der Waals surface area (Å²) in [6.07, 6.45) is 2.13. The van der Waals surface area contributed by atoms with Crippen molar-refractivity contribution in [3.63, 3.8) is 0 Å². The van der Waals surface area contributed by atoms with Crippen LogP contribution >= 0.6 is 0 Å². The molecule has 0 aromatic carbocycles. The molecule has 28 heavy (non-hydrogen) atoms. The average molecular weight is 387 g/mol. The summed E-state index contributed by atoms with van der Waals surface area (Å²) < 4.78 is 4.71. The van der Waals surface area contributed by atoms with Crippen LogP contribution in [0.25, 0.3) is 11.2 Å². The van der Waals surface area contributed by atoms with Crippen molar-refractivity contribution in [1.29, 1.82) is 0 Å². The highest BCUT2D eigenvalue weighted by molar-refractivity contribution is 5.97. The number of ketones is 1. The minimum atomic E-state index is -0.933. The number of Topliss-reactive ketones (excluding diaryl/α,β-unsaturated/α-hetero) is 1.